The second kappa shape index (κ2) is 6.69. The number of hydrogen-bond acceptors (Lipinski definition) is 4. The Bertz CT molecular complexity index is 590. The van der Waals surface area contributed by atoms with Crippen molar-refractivity contribution in [2.45, 2.75) is 17.6 Å². The van der Waals surface area contributed by atoms with Gasteiger partial charge in [-0.05, 0) is 18.2 Å². The molecule has 120 valence electrons. The van der Waals surface area contributed by atoms with E-state index in [1.807, 2.05) is 0 Å². The zero-order valence-corrected chi connectivity index (χ0v) is 11.6. The molecule has 0 saturated carbocycles. The molecule has 1 rings (SSSR count). The number of alkyl halides is 3. The third-order valence-electron chi connectivity index (χ3n) is 2.58. The lowest BCUT2D eigenvalue weighted by Gasteiger charge is -2.22. The van der Waals surface area contributed by atoms with Gasteiger partial charge >= 0.3 is 6.18 Å². The standard InChI is InChI=1S/C11H14F4N2O3S/c12-10-2-1-9(5-8(10)6-16)21(19,20)17(3-4-18)7-11(13,14)15/h1-2,5,18H,3-4,6-7,16H2. The van der Waals surface area contributed by atoms with Gasteiger partial charge in [-0.3, -0.25) is 0 Å². The van der Waals surface area contributed by atoms with E-state index in [2.05, 4.69) is 0 Å². The number of nitrogens with zero attached hydrogens (tertiary/aromatic N) is 1. The summed E-state index contributed by atoms with van der Waals surface area (Å²) in [7, 11) is -4.51. The van der Waals surface area contributed by atoms with Crippen LogP contribution in [0.4, 0.5) is 17.6 Å². The lowest BCUT2D eigenvalue weighted by atomic mass is 10.2. The number of nitrogens with two attached hydrogens (primary N) is 1. The summed E-state index contributed by atoms with van der Waals surface area (Å²) in [6, 6.07) is 2.55. The van der Waals surface area contributed by atoms with Crippen molar-refractivity contribution in [1.82, 2.24) is 4.31 Å². The average Bonchev–Trinajstić information content (AvgIpc) is 2.37. The van der Waals surface area contributed by atoms with Gasteiger partial charge in [0.15, 0.2) is 0 Å². The minimum Gasteiger partial charge on any atom is -0.395 e. The van der Waals surface area contributed by atoms with Crippen LogP contribution in [0.2, 0.25) is 0 Å². The number of aliphatic hydroxyl groups is 1. The maximum atomic E-state index is 13.3. The molecule has 0 heterocycles. The monoisotopic (exact) mass is 330 g/mol. The topological polar surface area (TPSA) is 83.6 Å². The van der Waals surface area contributed by atoms with Gasteiger partial charge in [0.1, 0.15) is 12.4 Å². The van der Waals surface area contributed by atoms with Crippen LogP contribution in [0, 0.1) is 5.82 Å². The smallest absolute Gasteiger partial charge is 0.395 e. The van der Waals surface area contributed by atoms with E-state index in [0.717, 1.165) is 18.2 Å². The first kappa shape index (κ1) is 17.8. The van der Waals surface area contributed by atoms with E-state index in [9.17, 15) is 26.0 Å². The van der Waals surface area contributed by atoms with Crippen molar-refractivity contribution in [2.75, 3.05) is 19.7 Å². The number of sulfonamides is 1. The molecular formula is C11H14F4N2O3S. The number of rotatable bonds is 6. The zero-order chi connectivity index (χ0) is 16.3. The van der Waals surface area contributed by atoms with Crippen molar-refractivity contribution in [3.63, 3.8) is 0 Å². The molecule has 0 aromatic heterocycles. The number of halogens is 4. The van der Waals surface area contributed by atoms with Gasteiger partial charge in [0, 0.05) is 18.7 Å². The zero-order valence-electron chi connectivity index (χ0n) is 10.8. The highest BCUT2D eigenvalue weighted by molar-refractivity contribution is 7.89. The van der Waals surface area contributed by atoms with Crippen LogP contribution in [-0.2, 0) is 16.6 Å². The van der Waals surface area contributed by atoms with Crippen molar-refractivity contribution >= 4 is 10.0 Å². The third-order valence-corrected chi connectivity index (χ3v) is 4.42. The minimum absolute atomic E-state index is 0.0839. The molecule has 3 N–H and O–H groups in total. The molecule has 0 unspecified atom stereocenters. The Morgan fingerprint density at radius 3 is 2.38 bits per heavy atom. The third kappa shape index (κ3) is 4.63. The van der Waals surface area contributed by atoms with Crippen LogP contribution >= 0.6 is 0 Å². The van der Waals surface area contributed by atoms with Crippen LogP contribution in [0.15, 0.2) is 23.1 Å². The maximum Gasteiger partial charge on any atom is 0.402 e. The fourth-order valence-electron chi connectivity index (χ4n) is 1.61. The van der Waals surface area contributed by atoms with Crippen molar-refractivity contribution < 1.29 is 31.1 Å². The van der Waals surface area contributed by atoms with Crippen LogP contribution in [0.5, 0.6) is 0 Å². The van der Waals surface area contributed by atoms with Gasteiger partial charge in [-0.2, -0.15) is 17.5 Å². The highest BCUT2D eigenvalue weighted by atomic mass is 32.2. The van der Waals surface area contributed by atoms with Gasteiger partial charge in [-0.15, -0.1) is 0 Å². The Balaban J connectivity index is 3.22. The largest absolute Gasteiger partial charge is 0.402 e. The Labute approximate surface area is 119 Å². The summed E-state index contributed by atoms with van der Waals surface area (Å²) in [6.45, 7) is -3.54. The van der Waals surface area contributed by atoms with E-state index in [4.69, 9.17) is 10.8 Å². The SMILES string of the molecule is NCc1cc(S(=O)(=O)N(CCO)CC(F)(F)F)ccc1F. The second-order valence-corrected chi connectivity index (χ2v) is 6.07. The van der Waals surface area contributed by atoms with Crippen molar-refractivity contribution in [3.05, 3.63) is 29.6 Å². The number of aliphatic hydroxyl groups excluding tert-OH is 1. The summed E-state index contributed by atoms with van der Waals surface area (Å²) in [5.41, 5.74) is 5.10. The highest BCUT2D eigenvalue weighted by Crippen LogP contribution is 2.23. The van der Waals surface area contributed by atoms with Gasteiger partial charge in [0.05, 0.1) is 11.5 Å². The molecule has 0 aliphatic rings. The molecule has 21 heavy (non-hydrogen) atoms. The quantitative estimate of drug-likeness (QED) is 0.757. The Morgan fingerprint density at radius 2 is 1.90 bits per heavy atom. The molecule has 5 nitrogen and oxygen atoms in total. The normalized spacial score (nSPS) is 12.9. The van der Waals surface area contributed by atoms with Gasteiger partial charge in [0.25, 0.3) is 0 Å². The van der Waals surface area contributed by atoms with E-state index in [1.165, 1.54) is 0 Å². The van der Waals surface area contributed by atoms with E-state index >= 15 is 0 Å². The molecule has 0 atom stereocenters. The molecule has 0 fully saturated rings. The van der Waals surface area contributed by atoms with Crippen LogP contribution < -0.4 is 5.73 Å². The molecule has 0 aliphatic carbocycles. The molecule has 0 spiro atoms. The summed E-state index contributed by atoms with van der Waals surface area (Å²) < 4.78 is 74.9. The first-order chi connectivity index (χ1) is 9.61. The van der Waals surface area contributed by atoms with Gasteiger partial charge in [-0.25, -0.2) is 12.8 Å². The lowest BCUT2D eigenvalue weighted by molar-refractivity contribution is -0.136. The van der Waals surface area contributed by atoms with Gasteiger partial charge < -0.3 is 10.8 Å². The Hall–Kier alpha value is -1.23. The molecular weight excluding hydrogens is 316 g/mol. The van der Waals surface area contributed by atoms with Crippen LogP contribution in [0.1, 0.15) is 5.56 Å². The predicted molar refractivity (Wildman–Crippen MR) is 66.2 cm³/mol. The Kier molecular flexibility index (Phi) is 5.68. The summed E-state index contributed by atoms with van der Waals surface area (Å²) >= 11 is 0. The van der Waals surface area contributed by atoms with E-state index < -0.39 is 46.6 Å². The second-order valence-electron chi connectivity index (χ2n) is 4.13. The van der Waals surface area contributed by atoms with E-state index in [1.54, 1.807) is 0 Å². The van der Waals surface area contributed by atoms with E-state index in [0.29, 0.717) is 0 Å². The lowest BCUT2D eigenvalue weighted by Crippen LogP contribution is -2.40. The van der Waals surface area contributed by atoms with Crippen LogP contribution in [0.3, 0.4) is 0 Å². The molecule has 0 amide bonds. The van der Waals surface area contributed by atoms with Crippen molar-refractivity contribution in [3.8, 4) is 0 Å². The minimum atomic E-state index is -4.76. The highest BCUT2D eigenvalue weighted by Gasteiger charge is 2.36. The molecule has 0 radical (unpaired) electrons. The molecule has 1 aromatic carbocycles. The van der Waals surface area contributed by atoms with Gasteiger partial charge in [0.2, 0.25) is 10.0 Å². The summed E-state index contributed by atoms with van der Waals surface area (Å²) in [6.07, 6.45) is -4.76. The summed E-state index contributed by atoms with van der Waals surface area (Å²) in [5.74, 6) is -0.749. The van der Waals surface area contributed by atoms with Crippen LogP contribution in [0.25, 0.3) is 0 Å². The predicted octanol–water partition coefficient (Wildman–Crippen LogP) is 0.830. The number of benzene rings is 1. The first-order valence-corrected chi connectivity index (χ1v) is 7.22. The first-order valence-electron chi connectivity index (χ1n) is 5.78. The number of hydrogen-bond donors (Lipinski definition) is 2. The molecule has 0 bridgehead atoms. The van der Waals surface area contributed by atoms with Crippen LogP contribution in [-0.4, -0.2) is 43.7 Å². The Morgan fingerprint density at radius 1 is 1.29 bits per heavy atom. The fourth-order valence-corrected chi connectivity index (χ4v) is 3.08. The molecule has 10 heteroatoms. The molecule has 1 aromatic rings. The van der Waals surface area contributed by atoms with Gasteiger partial charge in [-0.1, -0.05) is 0 Å². The maximum absolute atomic E-state index is 13.3. The van der Waals surface area contributed by atoms with Crippen molar-refractivity contribution in [2.24, 2.45) is 5.73 Å². The van der Waals surface area contributed by atoms with Crippen molar-refractivity contribution in [1.29, 1.82) is 0 Å². The summed E-state index contributed by atoms with van der Waals surface area (Å²) in [5, 5.41) is 8.74. The fraction of sp³-hybridized carbons (Fsp3) is 0.455. The van der Waals surface area contributed by atoms with E-state index in [-0.39, 0.29) is 16.4 Å². The molecule has 0 aliphatic heterocycles. The average molecular weight is 330 g/mol. The summed E-state index contributed by atoms with van der Waals surface area (Å²) in [4.78, 5) is -0.512. The molecule has 0 saturated heterocycles.